The van der Waals surface area contributed by atoms with Crippen LogP contribution < -0.4 is 5.32 Å². The molecule has 0 fully saturated rings. The summed E-state index contributed by atoms with van der Waals surface area (Å²) >= 11 is 0. The summed E-state index contributed by atoms with van der Waals surface area (Å²) in [5, 5.41) is 33.4. The molecule has 352 valence electrons. The molecule has 0 aliphatic rings. The van der Waals surface area contributed by atoms with Crippen LogP contribution in [0.15, 0.2) is 12.2 Å². The Bertz CT molecular complexity index is 833. The second-order valence-corrected chi connectivity index (χ2v) is 18.8. The molecule has 0 heterocycles. The maximum absolute atomic E-state index is 12.5. The first-order chi connectivity index (χ1) is 29.1. The van der Waals surface area contributed by atoms with E-state index in [2.05, 4.69) is 31.3 Å². The van der Waals surface area contributed by atoms with Gasteiger partial charge in [0.15, 0.2) is 0 Å². The fourth-order valence-electron chi connectivity index (χ4n) is 8.66. The number of aliphatic hydroxyl groups is 3. The molecule has 5 heteroatoms. The van der Waals surface area contributed by atoms with Crippen LogP contribution in [0.25, 0.3) is 0 Å². The topological polar surface area (TPSA) is 89.8 Å². The van der Waals surface area contributed by atoms with Crippen molar-refractivity contribution in [2.45, 2.75) is 321 Å². The highest BCUT2D eigenvalue weighted by molar-refractivity contribution is 5.80. The Morgan fingerprint density at radius 2 is 0.644 bits per heavy atom. The number of hydrogen-bond acceptors (Lipinski definition) is 4. The van der Waals surface area contributed by atoms with Gasteiger partial charge in [-0.3, -0.25) is 4.79 Å². The average Bonchev–Trinajstić information content (AvgIpc) is 3.24. The van der Waals surface area contributed by atoms with Crippen molar-refractivity contribution in [3.05, 3.63) is 12.2 Å². The van der Waals surface area contributed by atoms with E-state index in [0.29, 0.717) is 12.8 Å². The van der Waals surface area contributed by atoms with Crippen LogP contribution in [0.1, 0.15) is 303 Å². The van der Waals surface area contributed by atoms with Crippen LogP contribution in [-0.2, 0) is 4.79 Å². The zero-order valence-corrected chi connectivity index (χ0v) is 40.2. The van der Waals surface area contributed by atoms with Crippen molar-refractivity contribution in [1.29, 1.82) is 0 Å². The number of amides is 1. The summed E-state index contributed by atoms with van der Waals surface area (Å²) in [7, 11) is 0. The molecule has 0 radical (unpaired) electrons. The SMILES string of the molecule is CCCCCCCCCCCCCC/C=C\CCCCCCCCCCCCCCCCCC(O)C(=O)NC(CO)C(O)CCCCCCCCCCCCCCCC. The first-order valence-electron chi connectivity index (χ1n) is 27.0. The summed E-state index contributed by atoms with van der Waals surface area (Å²) in [5.41, 5.74) is 0. The van der Waals surface area contributed by atoms with Gasteiger partial charge in [-0.15, -0.1) is 0 Å². The predicted molar refractivity (Wildman–Crippen MR) is 259 cm³/mol. The van der Waals surface area contributed by atoms with Crippen LogP contribution in [0.5, 0.6) is 0 Å². The molecule has 5 nitrogen and oxygen atoms in total. The molecular formula is C54H107NO4. The van der Waals surface area contributed by atoms with Crippen LogP contribution >= 0.6 is 0 Å². The summed E-state index contributed by atoms with van der Waals surface area (Å²) in [4.78, 5) is 12.5. The predicted octanol–water partition coefficient (Wildman–Crippen LogP) is 16.3. The lowest BCUT2D eigenvalue weighted by Crippen LogP contribution is -2.49. The van der Waals surface area contributed by atoms with Crippen molar-refractivity contribution in [2.75, 3.05) is 6.61 Å². The number of nitrogens with one attached hydrogen (secondary N) is 1. The summed E-state index contributed by atoms with van der Waals surface area (Å²) in [6.45, 7) is 4.26. The molecule has 1 amide bonds. The molecule has 0 aromatic carbocycles. The standard InChI is InChI=1S/C54H107NO4/c1-3-5-7-9-11-13-15-17-19-20-21-22-23-24-25-26-27-28-29-30-31-32-33-34-35-37-39-41-43-45-47-49-53(58)54(59)55-51(50-56)52(57)48-46-44-42-40-38-36-18-16-14-12-10-8-6-4-2/h24-25,51-53,56-58H,3-23,26-50H2,1-2H3,(H,55,59)/b25-24-. The smallest absolute Gasteiger partial charge is 0.249 e. The Morgan fingerprint density at radius 1 is 0.390 bits per heavy atom. The molecule has 0 saturated carbocycles. The normalized spacial score (nSPS) is 13.4. The van der Waals surface area contributed by atoms with E-state index in [0.717, 1.165) is 32.1 Å². The van der Waals surface area contributed by atoms with Crippen molar-refractivity contribution < 1.29 is 20.1 Å². The maximum atomic E-state index is 12.5. The van der Waals surface area contributed by atoms with Gasteiger partial charge < -0.3 is 20.6 Å². The van der Waals surface area contributed by atoms with E-state index in [4.69, 9.17) is 0 Å². The number of carbonyl (C=O) groups is 1. The van der Waals surface area contributed by atoms with E-state index in [1.807, 2.05) is 0 Å². The summed E-state index contributed by atoms with van der Waals surface area (Å²) in [5.74, 6) is -0.466. The van der Waals surface area contributed by atoms with E-state index < -0.39 is 24.2 Å². The van der Waals surface area contributed by atoms with Gasteiger partial charge in [0.05, 0.1) is 18.8 Å². The first-order valence-corrected chi connectivity index (χ1v) is 27.0. The Balaban J connectivity index is 3.48. The van der Waals surface area contributed by atoms with Crippen LogP contribution in [0, 0.1) is 0 Å². The molecule has 0 aromatic heterocycles. The van der Waals surface area contributed by atoms with Crippen LogP contribution in [0.3, 0.4) is 0 Å². The van der Waals surface area contributed by atoms with Crippen LogP contribution in [0.2, 0.25) is 0 Å². The van der Waals surface area contributed by atoms with Gasteiger partial charge in [-0.2, -0.15) is 0 Å². The lowest BCUT2D eigenvalue weighted by atomic mass is 10.0. The Hall–Kier alpha value is -0.910. The van der Waals surface area contributed by atoms with Gasteiger partial charge in [-0.1, -0.05) is 276 Å². The second kappa shape index (κ2) is 49.7. The van der Waals surface area contributed by atoms with Gasteiger partial charge in [-0.25, -0.2) is 0 Å². The third kappa shape index (κ3) is 44.9. The zero-order valence-electron chi connectivity index (χ0n) is 40.2. The van der Waals surface area contributed by atoms with Crippen molar-refractivity contribution >= 4 is 5.91 Å². The van der Waals surface area contributed by atoms with Crippen molar-refractivity contribution in [3.8, 4) is 0 Å². The molecule has 59 heavy (non-hydrogen) atoms. The quantitative estimate of drug-likeness (QED) is 0.0363. The number of allylic oxidation sites excluding steroid dienone is 2. The Morgan fingerprint density at radius 3 is 0.932 bits per heavy atom. The molecule has 3 atom stereocenters. The maximum Gasteiger partial charge on any atom is 0.249 e. The highest BCUT2D eigenvalue weighted by atomic mass is 16.3. The number of rotatable bonds is 50. The Labute approximate surface area is 369 Å². The molecule has 0 saturated heterocycles. The van der Waals surface area contributed by atoms with Gasteiger partial charge >= 0.3 is 0 Å². The number of hydrogen-bond donors (Lipinski definition) is 4. The minimum absolute atomic E-state index is 0.309. The average molecular weight is 834 g/mol. The van der Waals surface area contributed by atoms with Gasteiger partial charge in [0.25, 0.3) is 0 Å². The summed E-state index contributed by atoms with van der Waals surface area (Å²) < 4.78 is 0. The fraction of sp³-hybridized carbons (Fsp3) is 0.944. The molecule has 3 unspecified atom stereocenters. The monoisotopic (exact) mass is 834 g/mol. The first kappa shape index (κ1) is 58.1. The van der Waals surface area contributed by atoms with E-state index in [1.54, 1.807) is 0 Å². The molecule has 0 spiro atoms. The van der Waals surface area contributed by atoms with Gasteiger partial charge in [-0.05, 0) is 38.5 Å². The third-order valence-corrected chi connectivity index (χ3v) is 12.9. The van der Waals surface area contributed by atoms with E-state index in [1.165, 1.54) is 244 Å². The molecular weight excluding hydrogens is 727 g/mol. The number of unbranched alkanes of at least 4 members (excludes halogenated alkanes) is 40. The highest BCUT2D eigenvalue weighted by Gasteiger charge is 2.23. The molecule has 0 aromatic rings. The van der Waals surface area contributed by atoms with Gasteiger partial charge in [0, 0.05) is 0 Å². The highest BCUT2D eigenvalue weighted by Crippen LogP contribution is 2.18. The number of aliphatic hydroxyl groups excluding tert-OH is 3. The van der Waals surface area contributed by atoms with E-state index >= 15 is 0 Å². The fourth-order valence-corrected chi connectivity index (χ4v) is 8.66. The summed E-state index contributed by atoms with van der Waals surface area (Å²) in [6, 6.07) is -0.708. The lowest BCUT2D eigenvalue weighted by Gasteiger charge is -2.23. The van der Waals surface area contributed by atoms with Crippen molar-refractivity contribution in [1.82, 2.24) is 5.32 Å². The second-order valence-electron chi connectivity index (χ2n) is 18.8. The van der Waals surface area contributed by atoms with Crippen molar-refractivity contribution in [2.24, 2.45) is 0 Å². The molecule has 0 bridgehead atoms. The molecule has 0 aliphatic heterocycles. The summed E-state index contributed by atoms with van der Waals surface area (Å²) in [6.07, 6.45) is 61.1. The third-order valence-electron chi connectivity index (χ3n) is 12.9. The van der Waals surface area contributed by atoms with Crippen LogP contribution in [-0.4, -0.2) is 46.1 Å². The van der Waals surface area contributed by atoms with Gasteiger partial charge in [0.1, 0.15) is 6.10 Å². The largest absolute Gasteiger partial charge is 0.394 e. The van der Waals surface area contributed by atoms with E-state index in [-0.39, 0.29) is 6.61 Å². The van der Waals surface area contributed by atoms with Crippen LogP contribution in [0.4, 0.5) is 0 Å². The minimum Gasteiger partial charge on any atom is -0.394 e. The molecule has 0 aliphatic carbocycles. The van der Waals surface area contributed by atoms with Crippen molar-refractivity contribution in [3.63, 3.8) is 0 Å². The van der Waals surface area contributed by atoms with Gasteiger partial charge in [0.2, 0.25) is 5.91 Å². The lowest BCUT2D eigenvalue weighted by molar-refractivity contribution is -0.131. The van der Waals surface area contributed by atoms with E-state index in [9.17, 15) is 20.1 Å². The zero-order chi connectivity index (χ0) is 43.0. The number of carbonyl (C=O) groups excluding carboxylic acids is 1. The minimum atomic E-state index is -1.07. The molecule has 0 rings (SSSR count). The Kier molecular flexibility index (Phi) is 49.0. The molecule has 4 N–H and O–H groups in total.